The molecule has 1 atom stereocenters. The van der Waals surface area contributed by atoms with E-state index in [1.807, 2.05) is 12.1 Å². The zero-order valence-corrected chi connectivity index (χ0v) is 25.0. The molecule has 0 aliphatic carbocycles. The summed E-state index contributed by atoms with van der Waals surface area (Å²) in [6.07, 6.45) is 1.18. The van der Waals surface area contributed by atoms with E-state index in [0.29, 0.717) is 34.1 Å². The highest BCUT2D eigenvalue weighted by Crippen LogP contribution is 2.42. The molecule has 4 aromatic carbocycles. The molecule has 0 aliphatic heterocycles. The number of phenols is 2. The van der Waals surface area contributed by atoms with Crippen molar-refractivity contribution in [1.29, 1.82) is 0 Å². The fraction of sp³-hybridized carbons (Fsp3) is 0.222. The third kappa shape index (κ3) is 6.24. The molecule has 1 aromatic heterocycles. The van der Waals surface area contributed by atoms with Crippen LogP contribution >= 0.6 is 0 Å². The second-order valence-electron chi connectivity index (χ2n) is 10.8. The average Bonchev–Trinajstić information content (AvgIpc) is 3.03. The number of fused-ring (bicyclic) bond motifs is 1. The number of hydrogen-bond donors (Lipinski definition) is 2. The minimum Gasteiger partial charge on any atom is -0.508 e. The summed E-state index contributed by atoms with van der Waals surface area (Å²) in [4.78, 5) is 26.3. The highest BCUT2D eigenvalue weighted by atomic mass is 16.5. The van der Waals surface area contributed by atoms with Crippen LogP contribution in [0.4, 0.5) is 0 Å². The molecule has 0 saturated heterocycles. The van der Waals surface area contributed by atoms with Crippen LogP contribution in [0.5, 0.6) is 23.0 Å². The Hall–Kier alpha value is -5.24. The lowest BCUT2D eigenvalue weighted by Gasteiger charge is -2.21. The first-order valence-corrected chi connectivity index (χ1v) is 14.2. The van der Waals surface area contributed by atoms with E-state index in [-0.39, 0.29) is 46.5 Å². The van der Waals surface area contributed by atoms with Crippen LogP contribution in [0.1, 0.15) is 54.4 Å². The summed E-state index contributed by atoms with van der Waals surface area (Å²) in [5, 5.41) is 21.0. The van der Waals surface area contributed by atoms with Gasteiger partial charge in [0.15, 0.2) is 11.5 Å². The number of hydrogen-bond acceptors (Lipinski definition) is 8. The molecular formula is C36H34O8. The van der Waals surface area contributed by atoms with Gasteiger partial charge in [-0.15, -0.1) is 0 Å². The van der Waals surface area contributed by atoms with Gasteiger partial charge in [0.2, 0.25) is 5.43 Å². The van der Waals surface area contributed by atoms with Crippen LogP contribution in [-0.4, -0.2) is 30.4 Å². The van der Waals surface area contributed by atoms with Gasteiger partial charge in [0.05, 0.1) is 31.6 Å². The minimum atomic E-state index is -0.757. The number of phenolic OH excluding ortho intramolecular Hbond substituents is 2. The van der Waals surface area contributed by atoms with Crippen LogP contribution in [-0.2, 0) is 16.1 Å². The van der Waals surface area contributed by atoms with E-state index in [0.717, 1.165) is 5.56 Å². The summed E-state index contributed by atoms with van der Waals surface area (Å²) in [6.45, 7) is 4.56. The quantitative estimate of drug-likeness (QED) is 0.162. The second-order valence-corrected chi connectivity index (χ2v) is 10.8. The monoisotopic (exact) mass is 594 g/mol. The second kappa shape index (κ2) is 13.0. The van der Waals surface area contributed by atoms with Crippen molar-refractivity contribution in [1.82, 2.24) is 0 Å². The van der Waals surface area contributed by atoms with Gasteiger partial charge in [0, 0.05) is 11.5 Å². The first-order valence-electron chi connectivity index (χ1n) is 14.2. The van der Waals surface area contributed by atoms with Crippen molar-refractivity contribution >= 4 is 16.9 Å². The summed E-state index contributed by atoms with van der Waals surface area (Å²) in [5.41, 5.74) is 3.78. The molecule has 0 fully saturated rings. The zero-order valence-electron chi connectivity index (χ0n) is 25.0. The lowest BCUT2D eigenvalue weighted by Crippen LogP contribution is -2.13. The Bertz CT molecular complexity index is 1840. The molecule has 0 saturated carbocycles. The van der Waals surface area contributed by atoms with Crippen LogP contribution in [0.3, 0.4) is 0 Å². The number of ether oxygens (including phenoxy) is 3. The van der Waals surface area contributed by atoms with Crippen LogP contribution < -0.4 is 14.9 Å². The normalized spacial score (nSPS) is 11.8. The van der Waals surface area contributed by atoms with Gasteiger partial charge in [0.25, 0.3) is 0 Å². The maximum absolute atomic E-state index is 13.6. The molecule has 1 unspecified atom stereocenters. The van der Waals surface area contributed by atoms with Crippen molar-refractivity contribution in [3.05, 3.63) is 118 Å². The van der Waals surface area contributed by atoms with Crippen LogP contribution in [0, 0.1) is 0 Å². The topological polar surface area (TPSA) is 115 Å². The van der Waals surface area contributed by atoms with Crippen molar-refractivity contribution in [3.8, 4) is 34.1 Å². The SMILES string of the molecule is COC(=O)CC(c1ccc(OC)c(OCc2ccc(C(C)C)cc2)c1)c1c(O)ccc2c(=O)c(-c3ccc(O)cc3)coc12. The van der Waals surface area contributed by atoms with Gasteiger partial charge < -0.3 is 28.8 Å². The Morgan fingerprint density at radius 1 is 0.864 bits per heavy atom. The summed E-state index contributed by atoms with van der Waals surface area (Å²) < 4.78 is 22.8. The van der Waals surface area contributed by atoms with E-state index in [1.165, 1.54) is 43.2 Å². The first-order chi connectivity index (χ1) is 21.2. The number of esters is 1. The largest absolute Gasteiger partial charge is 0.508 e. The molecule has 1 heterocycles. The highest BCUT2D eigenvalue weighted by molar-refractivity contribution is 5.87. The summed E-state index contributed by atoms with van der Waals surface area (Å²) in [5.74, 6) is 0.0208. The minimum absolute atomic E-state index is 0.0728. The molecule has 0 aliphatic rings. The molecular weight excluding hydrogens is 560 g/mol. The lowest BCUT2D eigenvalue weighted by molar-refractivity contribution is -0.140. The third-order valence-electron chi connectivity index (χ3n) is 7.71. The van der Waals surface area contributed by atoms with E-state index in [2.05, 4.69) is 26.0 Å². The maximum atomic E-state index is 13.6. The summed E-state index contributed by atoms with van der Waals surface area (Å²) >= 11 is 0. The smallest absolute Gasteiger partial charge is 0.306 e. The molecule has 0 amide bonds. The molecule has 0 bridgehead atoms. The predicted molar refractivity (Wildman–Crippen MR) is 168 cm³/mol. The van der Waals surface area contributed by atoms with Crippen LogP contribution in [0.25, 0.3) is 22.1 Å². The van der Waals surface area contributed by atoms with Crippen molar-refractivity contribution in [3.63, 3.8) is 0 Å². The molecule has 0 spiro atoms. The van der Waals surface area contributed by atoms with Gasteiger partial charge in [0.1, 0.15) is 30.0 Å². The van der Waals surface area contributed by atoms with Crippen molar-refractivity contribution in [2.75, 3.05) is 14.2 Å². The van der Waals surface area contributed by atoms with Crippen molar-refractivity contribution in [2.24, 2.45) is 0 Å². The molecule has 5 aromatic rings. The molecule has 226 valence electrons. The number of rotatable bonds is 10. The number of carbonyl (C=O) groups excluding carboxylic acids is 1. The number of aromatic hydroxyl groups is 2. The number of carbonyl (C=O) groups is 1. The molecule has 8 heteroatoms. The Balaban J connectivity index is 1.58. The maximum Gasteiger partial charge on any atom is 0.306 e. The molecule has 2 N–H and O–H groups in total. The van der Waals surface area contributed by atoms with E-state index in [4.69, 9.17) is 18.6 Å². The van der Waals surface area contributed by atoms with Gasteiger partial charge in [-0.25, -0.2) is 0 Å². The van der Waals surface area contributed by atoms with Gasteiger partial charge in [-0.1, -0.05) is 56.3 Å². The van der Waals surface area contributed by atoms with E-state index in [9.17, 15) is 19.8 Å². The first kappa shape index (κ1) is 30.2. The summed E-state index contributed by atoms with van der Waals surface area (Å²) in [7, 11) is 2.83. The fourth-order valence-corrected chi connectivity index (χ4v) is 5.21. The molecule has 8 nitrogen and oxygen atoms in total. The van der Waals surface area contributed by atoms with Gasteiger partial charge in [-0.2, -0.15) is 0 Å². The van der Waals surface area contributed by atoms with E-state index < -0.39 is 11.9 Å². The van der Waals surface area contributed by atoms with E-state index in [1.54, 1.807) is 37.4 Å². The lowest BCUT2D eigenvalue weighted by atomic mass is 9.86. The average molecular weight is 595 g/mol. The Kier molecular flexibility index (Phi) is 8.90. The van der Waals surface area contributed by atoms with Crippen molar-refractivity contribution < 1.29 is 33.6 Å². The fourth-order valence-electron chi connectivity index (χ4n) is 5.21. The zero-order chi connectivity index (χ0) is 31.4. The third-order valence-corrected chi connectivity index (χ3v) is 7.71. The Morgan fingerprint density at radius 3 is 2.23 bits per heavy atom. The predicted octanol–water partition coefficient (Wildman–Crippen LogP) is 7.28. The number of methoxy groups -OCH3 is 2. The van der Waals surface area contributed by atoms with E-state index >= 15 is 0 Å². The Morgan fingerprint density at radius 2 is 1.57 bits per heavy atom. The highest BCUT2D eigenvalue weighted by Gasteiger charge is 2.27. The van der Waals surface area contributed by atoms with Gasteiger partial charge in [-0.05, 0) is 64.6 Å². The van der Waals surface area contributed by atoms with Gasteiger partial charge >= 0.3 is 5.97 Å². The van der Waals surface area contributed by atoms with Crippen LogP contribution in [0.15, 0.2) is 94.3 Å². The van der Waals surface area contributed by atoms with Crippen molar-refractivity contribution in [2.45, 2.75) is 38.7 Å². The molecule has 0 radical (unpaired) electrons. The van der Waals surface area contributed by atoms with Crippen LogP contribution in [0.2, 0.25) is 0 Å². The number of benzene rings is 4. The van der Waals surface area contributed by atoms with Gasteiger partial charge in [-0.3, -0.25) is 9.59 Å². The standard InChI is InChI=1S/C36H34O8/c1-21(2)23-7-5-22(6-8-23)19-43-32-17-25(11-16-31(32)41-3)28(18-33(39)42-4)34-30(38)15-14-27-35(40)29(20-44-36(27)34)24-9-12-26(37)13-10-24/h5-17,20-21,28,37-38H,18-19H2,1-4H3. The summed E-state index contributed by atoms with van der Waals surface area (Å²) in [6, 6.07) is 22.6. The molecule has 5 rings (SSSR count). The Labute approximate surface area is 255 Å². The molecule has 44 heavy (non-hydrogen) atoms.